The molecular weight excluding hydrogens is 533 g/mol. The van der Waals surface area contributed by atoms with E-state index in [0.29, 0.717) is 21.6 Å². The summed E-state index contributed by atoms with van der Waals surface area (Å²) in [5.74, 6) is 0.536. The smallest absolute Gasteiger partial charge is 0.416 e. The molecule has 1 N–H and O–H groups in total. The van der Waals surface area contributed by atoms with Crippen LogP contribution in [-0.4, -0.2) is 21.8 Å². The Morgan fingerprint density at radius 3 is 2.45 bits per heavy atom. The zero-order valence-corrected chi connectivity index (χ0v) is 22.3. The number of thiocarbonyl (C=S) groups is 1. The Bertz CT molecular complexity index is 1510. The molecule has 0 saturated carbocycles. The van der Waals surface area contributed by atoms with Crippen LogP contribution in [0.25, 0.3) is 5.69 Å². The first kappa shape index (κ1) is 26.1. The molecule has 0 radical (unpaired) electrons. The maximum Gasteiger partial charge on any atom is 0.416 e. The number of methoxy groups -OCH3 is 1. The third-order valence-corrected chi connectivity index (χ3v) is 7.34. The van der Waals surface area contributed by atoms with Gasteiger partial charge in [-0.05, 0) is 86.2 Å². The first-order valence-electron chi connectivity index (χ1n) is 11.8. The van der Waals surface area contributed by atoms with Crippen molar-refractivity contribution in [2.75, 3.05) is 12.0 Å². The van der Waals surface area contributed by atoms with E-state index in [0.717, 1.165) is 34.4 Å². The van der Waals surface area contributed by atoms with Crippen LogP contribution in [0.3, 0.4) is 0 Å². The quantitative estimate of drug-likeness (QED) is 0.260. The average Bonchev–Trinajstić information content (AvgIpc) is 3.39. The third-order valence-electron chi connectivity index (χ3n) is 6.73. The summed E-state index contributed by atoms with van der Waals surface area (Å²) in [7, 11) is 1.55. The van der Waals surface area contributed by atoms with Crippen molar-refractivity contribution in [2.45, 2.75) is 32.1 Å². The summed E-state index contributed by atoms with van der Waals surface area (Å²) in [6.07, 6.45) is -2.72. The van der Waals surface area contributed by atoms with Crippen LogP contribution in [0.5, 0.6) is 5.75 Å². The van der Waals surface area contributed by atoms with Crippen molar-refractivity contribution < 1.29 is 17.9 Å². The van der Waals surface area contributed by atoms with E-state index in [1.165, 1.54) is 12.1 Å². The van der Waals surface area contributed by atoms with Crippen LogP contribution in [0.2, 0.25) is 5.02 Å². The molecule has 0 aliphatic carbocycles. The molecule has 196 valence electrons. The van der Waals surface area contributed by atoms with E-state index in [-0.39, 0.29) is 12.1 Å². The molecule has 0 amide bonds. The van der Waals surface area contributed by atoms with Gasteiger partial charge in [-0.2, -0.15) is 13.2 Å². The molecule has 2 aromatic carbocycles. The molecule has 1 fully saturated rings. The first-order valence-corrected chi connectivity index (χ1v) is 12.6. The highest BCUT2D eigenvalue weighted by atomic mass is 35.5. The zero-order chi connectivity index (χ0) is 27.2. The summed E-state index contributed by atoms with van der Waals surface area (Å²) in [4.78, 5) is 6.54. The van der Waals surface area contributed by atoms with Gasteiger partial charge in [0.05, 0.1) is 35.5 Å². The molecule has 0 spiro atoms. The lowest BCUT2D eigenvalue weighted by atomic mass is 9.96. The molecule has 1 aliphatic rings. The highest BCUT2D eigenvalue weighted by Crippen LogP contribution is 2.45. The van der Waals surface area contributed by atoms with Crippen LogP contribution in [0, 0.1) is 13.8 Å². The second kappa shape index (κ2) is 9.96. The van der Waals surface area contributed by atoms with E-state index in [4.69, 9.17) is 28.6 Å². The largest absolute Gasteiger partial charge is 0.495 e. The summed E-state index contributed by atoms with van der Waals surface area (Å²) in [5, 5.41) is 4.32. The molecule has 2 aromatic heterocycles. The van der Waals surface area contributed by atoms with E-state index in [9.17, 15) is 13.2 Å². The maximum atomic E-state index is 13.5. The van der Waals surface area contributed by atoms with Gasteiger partial charge in [0.2, 0.25) is 0 Å². The van der Waals surface area contributed by atoms with Crippen LogP contribution < -0.4 is 15.0 Å². The number of nitrogens with zero attached hydrogens (tertiary/aromatic N) is 3. The fraction of sp³-hybridized carbons (Fsp3) is 0.214. The van der Waals surface area contributed by atoms with Crippen molar-refractivity contribution in [3.8, 4) is 11.4 Å². The number of rotatable bonds is 5. The van der Waals surface area contributed by atoms with Crippen molar-refractivity contribution in [3.05, 3.63) is 106 Å². The molecule has 10 heteroatoms. The minimum Gasteiger partial charge on any atom is -0.495 e. The minimum atomic E-state index is -4.44. The van der Waals surface area contributed by atoms with Crippen molar-refractivity contribution >= 4 is 34.6 Å². The highest BCUT2D eigenvalue weighted by molar-refractivity contribution is 7.80. The topological polar surface area (TPSA) is 42.3 Å². The van der Waals surface area contributed by atoms with E-state index in [1.54, 1.807) is 31.5 Å². The molecule has 1 aliphatic heterocycles. The molecule has 3 heterocycles. The monoisotopic (exact) mass is 556 g/mol. The van der Waals surface area contributed by atoms with Gasteiger partial charge in [0.15, 0.2) is 5.11 Å². The summed E-state index contributed by atoms with van der Waals surface area (Å²) in [6, 6.07) is 17.8. The molecule has 5 rings (SSSR count). The van der Waals surface area contributed by atoms with Crippen molar-refractivity contribution in [1.29, 1.82) is 0 Å². The van der Waals surface area contributed by atoms with Gasteiger partial charge in [0, 0.05) is 29.0 Å². The number of aromatic nitrogens is 2. The lowest BCUT2D eigenvalue weighted by Crippen LogP contribution is -2.29. The predicted octanol–water partition coefficient (Wildman–Crippen LogP) is 7.35. The second-order valence-electron chi connectivity index (χ2n) is 9.03. The van der Waals surface area contributed by atoms with Gasteiger partial charge >= 0.3 is 6.18 Å². The Kier molecular flexibility index (Phi) is 6.83. The molecule has 38 heavy (non-hydrogen) atoms. The van der Waals surface area contributed by atoms with Crippen LogP contribution in [0.1, 0.15) is 40.3 Å². The number of pyridine rings is 1. The Morgan fingerprint density at radius 1 is 1.00 bits per heavy atom. The molecule has 5 nitrogen and oxygen atoms in total. The number of aryl methyl sites for hydroxylation is 1. The van der Waals surface area contributed by atoms with Crippen molar-refractivity contribution in [2.24, 2.45) is 0 Å². The summed E-state index contributed by atoms with van der Waals surface area (Å²) >= 11 is 12.3. The van der Waals surface area contributed by atoms with E-state index in [1.807, 2.05) is 53.6 Å². The normalized spacial score (nSPS) is 17.6. The molecule has 0 unspecified atom stereocenters. The number of benzene rings is 2. The SMILES string of the molecule is COc1ccc(N2C(=S)N[C@@H](c3ccccn3)[C@@H]2c2cc(C)n(-c3cccc(C(F)(F)F)c3)c2C)cc1Cl. The second-order valence-corrected chi connectivity index (χ2v) is 9.82. The Balaban J connectivity index is 1.67. The van der Waals surface area contributed by atoms with Crippen LogP contribution in [0.15, 0.2) is 72.9 Å². The first-order chi connectivity index (χ1) is 18.1. The number of anilines is 1. The number of nitrogens with one attached hydrogen (secondary N) is 1. The molecule has 2 atom stereocenters. The van der Waals surface area contributed by atoms with Crippen molar-refractivity contribution in [3.63, 3.8) is 0 Å². The van der Waals surface area contributed by atoms with Crippen LogP contribution >= 0.6 is 23.8 Å². The Hall–Kier alpha value is -3.56. The third kappa shape index (κ3) is 4.61. The average molecular weight is 557 g/mol. The van der Waals surface area contributed by atoms with Gasteiger partial charge in [0.25, 0.3) is 0 Å². The molecule has 4 aromatic rings. The van der Waals surface area contributed by atoms with Gasteiger partial charge in [-0.3, -0.25) is 4.98 Å². The lowest BCUT2D eigenvalue weighted by molar-refractivity contribution is -0.137. The van der Waals surface area contributed by atoms with E-state index in [2.05, 4.69) is 10.3 Å². The van der Waals surface area contributed by atoms with Crippen LogP contribution in [-0.2, 0) is 6.18 Å². The minimum absolute atomic E-state index is 0.319. The number of halogens is 4. The Labute approximate surface area is 228 Å². The summed E-state index contributed by atoms with van der Waals surface area (Å²) < 4.78 is 47.6. The van der Waals surface area contributed by atoms with Gasteiger partial charge in [-0.1, -0.05) is 23.7 Å². The summed E-state index contributed by atoms with van der Waals surface area (Å²) in [5.41, 5.74) is 3.75. The molecule has 0 bridgehead atoms. The number of hydrogen-bond acceptors (Lipinski definition) is 3. The maximum absolute atomic E-state index is 13.5. The predicted molar refractivity (Wildman–Crippen MR) is 146 cm³/mol. The number of ether oxygens (including phenoxy) is 1. The fourth-order valence-electron chi connectivity index (χ4n) is 5.06. The number of alkyl halides is 3. The van der Waals surface area contributed by atoms with Gasteiger partial charge in [-0.25, -0.2) is 0 Å². The summed E-state index contributed by atoms with van der Waals surface area (Å²) in [6.45, 7) is 3.78. The van der Waals surface area contributed by atoms with Gasteiger partial charge in [-0.15, -0.1) is 0 Å². The lowest BCUT2D eigenvalue weighted by Gasteiger charge is -2.28. The van der Waals surface area contributed by atoms with E-state index < -0.39 is 11.7 Å². The van der Waals surface area contributed by atoms with Gasteiger partial charge in [0.1, 0.15) is 5.75 Å². The Morgan fingerprint density at radius 2 is 1.79 bits per heavy atom. The number of hydrogen-bond donors (Lipinski definition) is 1. The van der Waals surface area contributed by atoms with Crippen molar-refractivity contribution in [1.82, 2.24) is 14.9 Å². The molecule has 1 saturated heterocycles. The van der Waals surface area contributed by atoms with E-state index >= 15 is 0 Å². The highest BCUT2D eigenvalue weighted by Gasteiger charge is 2.42. The zero-order valence-electron chi connectivity index (χ0n) is 20.8. The molecular formula is C28H24ClF3N4OS. The van der Waals surface area contributed by atoms with Crippen LogP contribution in [0.4, 0.5) is 18.9 Å². The van der Waals surface area contributed by atoms with Gasteiger partial charge < -0.3 is 19.5 Å². The standard InChI is InChI=1S/C28H24ClF3N4OS/c1-16-13-21(17(2)35(16)19-8-6-7-18(14-19)28(30,31)32)26-25(23-9-4-5-12-33-23)34-27(38)36(26)20-10-11-24(37-3)22(29)15-20/h4-15,25-26H,1-3H3,(H,34,38)/t25-,26-/m0/s1. The fourth-order valence-corrected chi connectivity index (χ4v) is 5.66.